The van der Waals surface area contributed by atoms with Crippen molar-refractivity contribution in [1.29, 1.82) is 0 Å². The van der Waals surface area contributed by atoms with E-state index in [1.54, 1.807) is 6.07 Å². The molecule has 1 unspecified atom stereocenters. The molecule has 2 N–H and O–H groups in total. The SMILES string of the molecule is NC(c1nc(Cc2ccc(F)cc2Cl)no1)c1cccs1. The van der Waals surface area contributed by atoms with Gasteiger partial charge in [0.1, 0.15) is 11.9 Å². The van der Waals surface area contributed by atoms with Gasteiger partial charge in [-0.25, -0.2) is 4.39 Å². The Hall–Kier alpha value is -1.76. The zero-order chi connectivity index (χ0) is 14.8. The summed E-state index contributed by atoms with van der Waals surface area (Å²) in [6.45, 7) is 0. The molecule has 0 aliphatic heterocycles. The second-order valence-electron chi connectivity index (χ2n) is 4.45. The lowest BCUT2D eigenvalue weighted by Crippen LogP contribution is -2.10. The molecule has 3 aromatic rings. The van der Waals surface area contributed by atoms with E-state index in [-0.39, 0.29) is 5.82 Å². The number of nitrogens with two attached hydrogens (primary N) is 1. The molecule has 1 atom stereocenters. The maximum Gasteiger partial charge on any atom is 0.248 e. The molecule has 4 nitrogen and oxygen atoms in total. The van der Waals surface area contributed by atoms with Crippen LogP contribution in [0, 0.1) is 5.82 Å². The average molecular weight is 324 g/mol. The largest absolute Gasteiger partial charge is 0.337 e. The summed E-state index contributed by atoms with van der Waals surface area (Å²) < 4.78 is 18.2. The van der Waals surface area contributed by atoms with E-state index in [1.807, 2.05) is 17.5 Å². The van der Waals surface area contributed by atoms with E-state index in [1.165, 1.54) is 23.5 Å². The summed E-state index contributed by atoms with van der Waals surface area (Å²) in [6.07, 6.45) is 0.361. The molecule has 0 spiro atoms. The Kier molecular flexibility index (Phi) is 4.01. The first-order valence-electron chi connectivity index (χ1n) is 6.19. The van der Waals surface area contributed by atoms with E-state index in [2.05, 4.69) is 10.1 Å². The molecule has 0 bridgehead atoms. The third-order valence-electron chi connectivity index (χ3n) is 2.96. The van der Waals surface area contributed by atoms with Crippen molar-refractivity contribution in [2.24, 2.45) is 5.73 Å². The molecule has 2 aromatic heterocycles. The van der Waals surface area contributed by atoms with Crippen LogP contribution in [-0.4, -0.2) is 10.1 Å². The first-order valence-corrected chi connectivity index (χ1v) is 7.44. The van der Waals surface area contributed by atoms with E-state index in [4.69, 9.17) is 21.9 Å². The van der Waals surface area contributed by atoms with E-state index in [0.29, 0.717) is 23.2 Å². The van der Waals surface area contributed by atoms with Gasteiger partial charge in [-0.05, 0) is 29.1 Å². The van der Waals surface area contributed by atoms with Crippen LogP contribution >= 0.6 is 22.9 Å². The van der Waals surface area contributed by atoms with Crippen LogP contribution in [0.5, 0.6) is 0 Å². The van der Waals surface area contributed by atoms with Crippen molar-refractivity contribution in [3.63, 3.8) is 0 Å². The molecule has 3 rings (SSSR count). The standard InChI is InChI=1S/C14H11ClFN3OS/c15-10-7-9(16)4-3-8(10)6-12-18-14(20-19-12)13(17)11-2-1-5-21-11/h1-5,7,13H,6,17H2. The lowest BCUT2D eigenvalue weighted by Gasteiger charge is -2.02. The Morgan fingerprint density at radius 1 is 1.38 bits per heavy atom. The van der Waals surface area contributed by atoms with Crippen LogP contribution in [0.4, 0.5) is 4.39 Å². The van der Waals surface area contributed by atoms with Gasteiger partial charge in [0.25, 0.3) is 0 Å². The van der Waals surface area contributed by atoms with Crippen LogP contribution in [0.1, 0.15) is 28.2 Å². The fraction of sp³-hybridized carbons (Fsp3) is 0.143. The molecular formula is C14H11ClFN3OS. The highest BCUT2D eigenvalue weighted by Gasteiger charge is 2.18. The third kappa shape index (κ3) is 3.12. The summed E-state index contributed by atoms with van der Waals surface area (Å²) >= 11 is 7.51. The summed E-state index contributed by atoms with van der Waals surface area (Å²) in [5.74, 6) is 0.438. The molecule has 0 fully saturated rings. The number of hydrogen-bond acceptors (Lipinski definition) is 5. The van der Waals surface area contributed by atoms with Gasteiger partial charge in [-0.1, -0.05) is 28.9 Å². The maximum atomic E-state index is 13.0. The highest BCUT2D eigenvalue weighted by atomic mass is 35.5. The smallest absolute Gasteiger partial charge is 0.248 e. The zero-order valence-corrected chi connectivity index (χ0v) is 12.4. The van der Waals surface area contributed by atoms with Crippen molar-refractivity contribution in [3.8, 4) is 0 Å². The predicted molar refractivity (Wildman–Crippen MR) is 78.9 cm³/mol. The second kappa shape index (κ2) is 5.93. The van der Waals surface area contributed by atoms with Crippen LogP contribution in [0.3, 0.4) is 0 Å². The number of hydrogen-bond donors (Lipinski definition) is 1. The lowest BCUT2D eigenvalue weighted by atomic mass is 10.1. The highest BCUT2D eigenvalue weighted by molar-refractivity contribution is 7.10. The third-order valence-corrected chi connectivity index (χ3v) is 4.27. The fourth-order valence-electron chi connectivity index (χ4n) is 1.89. The number of halogens is 2. The normalized spacial score (nSPS) is 12.5. The van der Waals surface area contributed by atoms with Gasteiger partial charge >= 0.3 is 0 Å². The number of thiophene rings is 1. The Labute approximate surface area is 129 Å². The van der Waals surface area contributed by atoms with Crippen molar-refractivity contribution >= 4 is 22.9 Å². The highest BCUT2D eigenvalue weighted by Crippen LogP contribution is 2.24. The van der Waals surface area contributed by atoms with Crippen molar-refractivity contribution < 1.29 is 8.91 Å². The van der Waals surface area contributed by atoms with Crippen molar-refractivity contribution in [2.75, 3.05) is 0 Å². The van der Waals surface area contributed by atoms with Gasteiger partial charge in [-0.2, -0.15) is 4.98 Å². The molecule has 7 heteroatoms. The maximum absolute atomic E-state index is 13.0. The molecule has 1 aromatic carbocycles. The molecule has 21 heavy (non-hydrogen) atoms. The Bertz CT molecular complexity index is 745. The molecule has 0 saturated heterocycles. The van der Waals surface area contributed by atoms with Crippen LogP contribution in [0.25, 0.3) is 0 Å². The van der Waals surface area contributed by atoms with E-state index >= 15 is 0 Å². The first kappa shape index (κ1) is 14.2. The number of rotatable bonds is 4. The first-order chi connectivity index (χ1) is 10.1. The second-order valence-corrected chi connectivity index (χ2v) is 5.84. The van der Waals surface area contributed by atoms with E-state index in [9.17, 15) is 4.39 Å². The van der Waals surface area contributed by atoms with Crippen LogP contribution in [0.2, 0.25) is 5.02 Å². The van der Waals surface area contributed by atoms with Gasteiger partial charge in [-0.15, -0.1) is 11.3 Å². The van der Waals surface area contributed by atoms with Gasteiger partial charge < -0.3 is 10.3 Å². The summed E-state index contributed by atoms with van der Waals surface area (Å²) in [7, 11) is 0. The molecular weight excluding hydrogens is 313 g/mol. The number of benzene rings is 1. The van der Waals surface area contributed by atoms with Crippen molar-refractivity contribution in [1.82, 2.24) is 10.1 Å². The monoisotopic (exact) mass is 323 g/mol. The average Bonchev–Trinajstić information content (AvgIpc) is 3.12. The Morgan fingerprint density at radius 2 is 2.24 bits per heavy atom. The van der Waals surface area contributed by atoms with Crippen molar-refractivity contribution in [2.45, 2.75) is 12.5 Å². The Morgan fingerprint density at radius 3 is 2.95 bits per heavy atom. The quantitative estimate of drug-likeness (QED) is 0.797. The molecule has 0 amide bonds. The molecule has 0 saturated carbocycles. The van der Waals surface area contributed by atoms with Gasteiger partial charge in [0.05, 0.1) is 0 Å². The molecule has 0 aliphatic carbocycles. The summed E-state index contributed by atoms with van der Waals surface area (Å²) in [4.78, 5) is 5.23. The molecule has 0 aliphatic rings. The summed E-state index contributed by atoms with van der Waals surface area (Å²) in [5.41, 5.74) is 6.79. The minimum absolute atomic E-state index is 0.337. The topological polar surface area (TPSA) is 64.9 Å². The van der Waals surface area contributed by atoms with Gasteiger partial charge in [0, 0.05) is 16.3 Å². The zero-order valence-electron chi connectivity index (χ0n) is 10.8. The van der Waals surface area contributed by atoms with Gasteiger partial charge in [0.2, 0.25) is 5.89 Å². The van der Waals surface area contributed by atoms with E-state index < -0.39 is 6.04 Å². The van der Waals surface area contributed by atoms with Gasteiger partial charge in [-0.3, -0.25) is 0 Å². The molecule has 0 radical (unpaired) electrons. The molecule has 2 heterocycles. The van der Waals surface area contributed by atoms with Crippen LogP contribution < -0.4 is 5.73 Å². The number of aromatic nitrogens is 2. The summed E-state index contributed by atoms with van der Waals surface area (Å²) in [5, 5.41) is 6.16. The lowest BCUT2D eigenvalue weighted by molar-refractivity contribution is 0.364. The summed E-state index contributed by atoms with van der Waals surface area (Å²) in [6, 6.07) is 7.60. The minimum Gasteiger partial charge on any atom is -0.337 e. The number of nitrogens with zero attached hydrogens (tertiary/aromatic N) is 2. The predicted octanol–water partition coefficient (Wildman–Crippen LogP) is 3.56. The van der Waals surface area contributed by atoms with E-state index in [0.717, 1.165) is 10.4 Å². The fourth-order valence-corrected chi connectivity index (χ4v) is 2.84. The minimum atomic E-state index is -0.435. The van der Waals surface area contributed by atoms with Crippen LogP contribution in [-0.2, 0) is 6.42 Å². The van der Waals surface area contributed by atoms with Gasteiger partial charge in [0.15, 0.2) is 5.82 Å². The van der Waals surface area contributed by atoms with Crippen molar-refractivity contribution in [3.05, 3.63) is 68.7 Å². The van der Waals surface area contributed by atoms with Crippen LogP contribution in [0.15, 0.2) is 40.2 Å². The Balaban J connectivity index is 1.79. The molecule has 108 valence electrons.